The number of quaternary nitrogens is 1. The molecule has 26 heavy (non-hydrogen) atoms. The van der Waals surface area contributed by atoms with Gasteiger partial charge in [0.1, 0.15) is 0 Å². The summed E-state index contributed by atoms with van der Waals surface area (Å²) >= 11 is 6.91. The van der Waals surface area contributed by atoms with Crippen molar-refractivity contribution in [2.24, 2.45) is 0 Å². The van der Waals surface area contributed by atoms with E-state index < -0.39 is 0 Å². The predicted octanol–water partition coefficient (Wildman–Crippen LogP) is 1.67. The van der Waals surface area contributed by atoms with Crippen LogP contribution < -0.4 is 4.90 Å². The van der Waals surface area contributed by atoms with Gasteiger partial charge in [-0.15, -0.1) is 11.3 Å². The summed E-state index contributed by atoms with van der Waals surface area (Å²) < 4.78 is 2.48. The monoisotopic (exact) mass is 386 g/mol. The van der Waals surface area contributed by atoms with Gasteiger partial charge in [-0.25, -0.2) is 4.68 Å². The third-order valence-electron chi connectivity index (χ3n) is 4.60. The Hall–Kier alpha value is -2.29. The van der Waals surface area contributed by atoms with Crippen molar-refractivity contribution in [1.82, 2.24) is 19.7 Å². The number of rotatable bonds is 4. The standard InChI is InChI=1S/C18H19N5OS2/c24-17(15-7-4-12-26-15)22-10-8-21(9-11-22)13-23-18(25)19-16(20-23)14-5-2-1-3-6-14/h1-7,12H,8-11,13H2,(H,19,20,25)/p+1. The Labute approximate surface area is 160 Å². The molecule has 0 spiro atoms. The smallest absolute Gasteiger partial charge is 0.264 e. The second kappa shape index (κ2) is 7.53. The zero-order valence-electron chi connectivity index (χ0n) is 14.2. The van der Waals surface area contributed by atoms with Crippen molar-refractivity contribution in [1.29, 1.82) is 0 Å². The Kier molecular flexibility index (Phi) is 4.96. The summed E-state index contributed by atoms with van der Waals surface area (Å²) in [6.45, 7) is 4.06. The van der Waals surface area contributed by atoms with Gasteiger partial charge in [0.2, 0.25) is 4.77 Å². The van der Waals surface area contributed by atoms with Crippen LogP contribution in [0, 0.1) is 4.77 Å². The lowest BCUT2D eigenvalue weighted by molar-refractivity contribution is -0.927. The van der Waals surface area contributed by atoms with Crippen LogP contribution in [0.4, 0.5) is 0 Å². The number of nitrogens with one attached hydrogen (secondary N) is 2. The maximum Gasteiger partial charge on any atom is 0.264 e. The van der Waals surface area contributed by atoms with E-state index in [2.05, 4.69) is 10.1 Å². The molecule has 0 unspecified atom stereocenters. The van der Waals surface area contributed by atoms with Gasteiger partial charge in [0.25, 0.3) is 5.91 Å². The van der Waals surface area contributed by atoms with Gasteiger partial charge in [0, 0.05) is 5.56 Å². The van der Waals surface area contributed by atoms with E-state index in [0.29, 0.717) is 4.77 Å². The molecule has 1 aromatic carbocycles. The summed E-state index contributed by atoms with van der Waals surface area (Å²) in [6, 6.07) is 13.8. The van der Waals surface area contributed by atoms with Gasteiger partial charge in [-0.2, -0.15) is 4.98 Å². The average molecular weight is 387 g/mol. The average Bonchev–Trinajstić information content (AvgIpc) is 3.33. The number of aromatic amines is 1. The van der Waals surface area contributed by atoms with Crippen LogP contribution in [-0.4, -0.2) is 51.8 Å². The molecular formula is C18H20N5OS2+. The molecule has 1 amide bonds. The van der Waals surface area contributed by atoms with Crippen molar-refractivity contribution >= 4 is 29.5 Å². The number of piperazine rings is 1. The fourth-order valence-corrected chi connectivity index (χ4v) is 4.05. The molecular weight excluding hydrogens is 366 g/mol. The zero-order chi connectivity index (χ0) is 17.9. The van der Waals surface area contributed by atoms with Gasteiger partial charge in [-0.05, 0) is 23.7 Å². The molecule has 3 aromatic rings. The molecule has 0 bridgehead atoms. The van der Waals surface area contributed by atoms with E-state index in [-0.39, 0.29) is 5.91 Å². The Morgan fingerprint density at radius 1 is 1.19 bits per heavy atom. The van der Waals surface area contributed by atoms with Crippen LogP contribution in [0.3, 0.4) is 0 Å². The van der Waals surface area contributed by atoms with Crippen molar-refractivity contribution in [3.63, 3.8) is 0 Å². The number of thiophene rings is 1. The van der Waals surface area contributed by atoms with Gasteiger partial charge < -0.3 is 9.80 Å². The Bertz CT molecular complexity index is 924. The molecule has 0 saturated carbocycles. The number of H-pyrrole nitrogens is 1. The molecule has 1 aliphatic heterocycles. The first-order valence-corrected chi connectivity index (χ1v) is 9.88. The van der Waals surface area contributed by atoms with Crippen molar-refractivity contribution in [2.75, 3.05) is 26.2 Å². The lowest BCUT2D eigenvalue weighted by Crippen LogP contribution is -3.14. The molecule has 0 atom stereocenters. The Morgan fingerprint density at radius 2 is 1.96 bits per heavy atom. The molecule has 134 valence electrons. The summed E-state index contributed by atoms with van der Waals surface area (Å²) in [5.41, 5.74) is 1.03. The molecule has 8 heteroatoms. The van der Waals surface area contributed by atoms with Crippen molar-refractivity contribution in [3.8, 4) is 11.4 Å². The van der Waals surface area contributed by atoms with Crippen LogP contribution in [0.15, 0.2) is 47.8 Å². The zero-order valence-corrected chi connectivity index (χ0v) is 15.9. The number of aromatic nitrogens is 3. The van der Waals surface area contributed by atoms with Crippen LogP contribution in [0.2, 0.25) is 0 Å². The van der Waals surface area contributed by atoms with E-state index in [1.807, 2.05) is 57.4 Å². The van der Waals surface area contributed by atoms with Crippen LogP contribution >= 0.6 is 23.6 Å². The number of carbonyl (C=O) groups excluding carboxylic acids is 1. The summed E-state index contributed by atoms with van der Waals surface area (Å²) in [5, 5.41) is 5.25. The number of hydrogen-bond donors (Lipinski definition) is 2. The molecule has 0 aliphatic carbocycles. The first-order chi connectivity index (χ1) is 12.7. The summed E-state index contributed by atoms with van der Waals surface area (Å²) in [7, 11) is 0. The number of carbonyl (C=O) groups is 1. The predicted molar refractivity (Wildman–Crippen MR) is 104 cm³/mol. The number of hydrogen-bond acceptors (Lipinski definition) is 4. The molecule has 2 aromatic heterocycles. The highest BCUT2D eigenvalue weighted by molar-refractivity contribution is 7.71. The third kappa shape index (κ3) is 3.62. The first kappa shape index (κ1) is 17.1. The van der Waals surface area contributed by atoms with E-state index in [4.69, 9.17) is 12.2 Å². The van der Waals surface area contributed by atoms with Crippen molar-refractivity contribution in [3.05, 3.63) is 57.5 Å². The highest BCUT2D eigenvalue weighted by Crippen LogP contribution is 2.14. The van der Waals surface area contributed by atoms with Crippen LogP contribution in [0.1, 0.15) is 9.67 Å². The van der Waals surface area contributed by atoms with Crippen LogP contribution in [-0.2, 0) is 6.67 Å². The van der Waals surface area contributed by atoms with E-state index >= 15 is 0 Å². The quantitative estimate of drug-likeness (QED) is 0.671. The normalized spacial score (nSPS) is 15.3. The SMILES string of the molecule is O=C(c1cccs1)N1CC[NH+](Cn2[nH]c(-c3ccccc3)nc2=S)CC1. The molecule has 3 heterocycles. The first-order valence-electron chi connectivity index (χ1n) is 8.59. The van der Waals surface area contributed by atoms with E-state index in [0.717, 1.165) is 49.1 Å². The van der Waals surface area contributed by atoms with Gasteiger partial charge in [-0.1, -0.05) is 36.4 Å². The van der Waals surface area contributed by atoms with Gasteiger partial charge in [0.05, 0.1) is 31.1 Å². The maximum absolute atomic E-state index is 12.4. The topological polar surface area (TPSA) is 58.4 Å². The summed E-state index contributed by atoms with van der Waals surface area (Å²) in [5.74, 6) is 0.935. The molecule has 1 saturated heterocycles. The van der Waals surface area contributed by atoms with E-state index in [1.165, 1.54) is 16.2 Å². The molecule has 1 fully saturated rings. The molecule has 4 rings (SSSR count). The minimum absolute atomic E-state index is 0.142. The Morgan fingerprint density at radius 3 is 2.65 bits per heavy atom. The molecule has 2 N–H and O–H groups in total. The number of amides is 1. The fourth-order valence-electron chi connectivity index (χ4n) is 3.15. The lowest BCUT2D eigenvalue weighted by atomic mass is 10.2. The second-order valence-corrected chi connectivity index (χ2v) is 7.64. The minimum Gasteiger partial charge on any atom is -0.327 e. The van der Waals surface area contributed by atoms with Crippen LogP contribution in [0.5, 0.6) is 0 Å². The minimum atomic E-state index is 0.142. The summed E-state index contributed by atoms with van der Waals surface area (Å²) in [6.07, 6.45) is 0. The third-order valence-corrected chi connectivity index (χ3v) is 5.77. The largest absolute Gasteiger partial charge is 0.327 e. The summed E-state index contributed by atoms with van der Waals surface area (Å²) in [4.78, 5) is 21.0. The van der Waals surface area contributed by atoms with Gasteiger partial charge in [0.15, 0.2) is 12.5 Å². The van der Waals surface area contributed by atoms with E-state index in [9.17, 15) is 4.79 Å². The molecule has 1 aliphatic rings. The lowest BCUT2D eigenvalue weighted by Gasteiger charge is -2.31. The molecule has 0 radical (unpaired) electrons. The van der Waals surface area contributed by atoms with Gasteiger partial charge in [-0.3, -0.25) is 9.89 Å². The fraction of sp³-hybridized carbons (Fsp3) is 0.278. The second-order valence-electron chi connectivity index (χ2n) is 6.33. The number of benzene rings is 1. The maximum atomic E-state index is 12.4. The Balaban J connectivity index is 1.38. The number of nitrogens with zero attached hydrogens (tertiary/aromatic N) is 3. The van der Waals surface area contributed by atoms with Crippen LogP contribution in [0.25, 0.3) is 11.4 Å². The van der Waals surface area contributed by atoms with Crippen molar-refractivity contribution < 1.29 is 9.69 Å². The van der Waals surface area contributed by atoms with E-state index in [1.54, 1.807) is 0 Å². The van der Waals surface area contributed by atoms with Gasteiger partial charge >= 0.3 is 0 Å². The van der Waals surface area contributed by atoms with Crippen molar-refractivity contribution in [2.45, 2.75) is 6.67 Å². The highest BCUT2D eigenvalue weighted by atomic mass is 32.1. The highest BCUT2D eigenvalue weighted by Gasteiger charge is 2.25. The molecule has 6 nitrogen and oxygen atoms in total.